The number of sulfonamides is 1. The molecule has 0 unspecified atom stereocenters. The van der Waals surface area contributed by atoms with E-state index >= 15 is 0 Å². The Labute approximate surface area is 181 Å². The fourth-order valence-electron chi connectivity index (χ4n) is 3.04. The maximum Gasteiger partial charge on any atom is 0.263 e. The molecule has 0 saturated carbocycles. The number of thiazole rings is 1. The summed E-state index contributed by atoms with van der Waals surface area (Å²) < 4.78 is 27.2. The lowest BCUT2D eigenvalue weighted by Crippen LogP contribution is -2.31. The number of aromatic nitrogens is 1. The van der Waals surface area contributed by atoms with E-state index in [1.165, 1.54) is 11.3 Å². The van der Waals surface area contributed by atoms with Gasteiger partial charge in [-0.1, -0.05) is 54.6 Å². The molecule has 3 rings (SSSR count). The van der Waals surface area contributed by atoms with Crippen LogP contribution in [0, 0.1) is 6.92 Å². The van der Waals surface area contributed by atoms with Crippen LogP contribution in [0.5, 0.6) is 0 Å². The van der Waals surface area contributed by atoms with Crippen molar-refractivity contribution in [1.82, 2.24) is 15.0 Å². The maximum absolute atomic E-state index is 12.8. The molecule has 0 radical (unpaired) electrons. The molecule has 3 aromatic rings. The number of nitrogens with one attached hydrogen (secondary N) is 2. The van der Waals surface area contributed by atoms with Gasteiger partial charge in [-0.05, 0) is 31.9 Å². The summed E-state index contributed by atoms with van der Waals surface area (Å²) in [5, 5.41) is 3.70. The quantitative estimate of drug-likeness (QED) is 0.553. The highest BCUT2D eigenvalue weighted by Gasteiger charge is 2.18. The van der Waals surface area contributed by atoms with Crippen LogP contribution in [0.25, 0.3) is 10.6 Å². The van der Waals surface area contributed by atoms with Crippen molar-refractivity contribution in [1.29, 1.82) is 0 Å². The van der Waals surface area contributed by atoms with Crippen LogP contribution in [0.1, 0.15) is 40.3 Å². The van der Waals surface area contributed by atoms with Gasteiger partial charge >= 0.3 is 0 Å². The number of nitrogens with zero attached hydrogens (tertiary/aromatic N) is 1. The molecule has 8 heteroatoms. The predicted octanol–water partition coefficient (Wildman–Crippen LogP) is 3.88. The Morgan fingerprint density at radius 3 is 2.33 bits per heavy atom. The van der Waals surface area contributed by atoms with E-state index in [0.29, 0.717) is 16.1 Å². The van der Waals surface area contributed by atoms with Gasteiger partial charge in [0.25, 0.3) is 5.91 Å². The van der Waals surface area contributed by atoms with Crippen LogP contribution in [-0.4, -0.2) is 25.4 Å². The lowest BCUT2D eigenvalue weighted by molar-refractivity contribution is 0.0954. The SMILES string of the molecule is Cc1nc(-c2ccccc2)sc1C(=O)NCc1ccccc1CS(=O)(=O)NC(C)C. The van der Waals surface area contributed by atoms with Crippen molar-refractivity contribution < 1.29 is 13.2 Å². The highest BCUT2D eigenvalue weighted by Crippen LogP contribution is 2.27. The molecule has 0 spiro atoms. The zero-order valence-corrected chi connectivity index (χ0v) is 18.8. The van der Waals surface area contributed by atoms with Crippen LogP contribution in [0.3, 0.4) is 0 Å². The number of amides is 1. The summed E-state index contributed by atoms with van der Waals surface area (Å²) in [6.45, 7) is 5.62. The largest absolute Gasteiger partial charge is 0.347 e. The van der Waals surface area contributed by atoms with Crippen LogP contribution in [0.15, 0.2) is 54.6 Å². The Morgan fingerprint density at radius 1 is 1.03 bits per heavy atom. The maximum atomic E-state index is 12.8. The monoisotopic (exact) mass is 443 g/mol. The molecule has 0 saturated heterocycles. The predicted molar refractivity (Wildman–Crippen MR) is 121 cm³/mol. The average molecular weight is 444 g/mol. The first-order chi connectivity index (χ1) is 14.2. The van der Waals surface area contributed by atoms with E-state index in [9.17, 15) is 13.2 Å². The molecular weight excluding hydrogens is 418 g/mol. The first-order valence-corrected chi connectivity index (χ1v) is 12.1. The Balaban J connectivity index is 1.72. The van der Waals surface area contributed by atoms with E-state index in [-0.39, 0.29) is 24.2 Å². The molecule has 2 N–H and O–H groups in total. The topological polar surface area (TPSA) is 88.2 Å². The molecule has 0 aliphatic carbocycles. The summed E-state index contributed by atoms with van der Waals surface area (Å²) in [5.74, 6) is -0.347. The van der Waals surface area contributed by atoms with Crippen LogP contribution < -0.4 is 10.0 Å². The van der Waals surface area contributed by atoms with Crippen molar-refractivity contribution in [2.45, 2.75) is 39.1 Å². The van der Waals surface area contributed by atoms with Crippen molar-refractivity contribution >= 4 is 27.3 Å². The van der Waals surface area contributed by atoms with E-state index in [4.69, 9.17) is 0 Å². The molecule has 1 aromatic heterocycles. The first-order valence-electron chi connectivity index (χ1n) is 9.63. The fourth-order valence-corrected chi connectivity index (χ4v) is 5.52. The van der Waals surface area contributed by atoms with Gasteiger partial charge in [-0.15, -0.1) is 11.3 Å². The number of hydrogen-bond acceptors (Lipinski definition) is 5. The van der Waals surface area contributed by atoms with E-state index in [1.54, 1.807) is 26.0 Å². The molecule has 30 heavy (non-hydrogen) atoms. The van der Waals surface area contributed by atoms with Crippen LogP contribution in [-0.2, 0) is 22.3 Å². The number of carbonyl (C=O) groups excluding carboxylic acids is 1. The number of hydrogen-bond donors (Lipinski definition) is 2. The summed E-state index contributed by atoms with van der Waals surface area (Å²) in [5.41, 5.74) is 3.08. The lowest BCUT2D eigenvalue weighted by Gasteiger charge is -2.13. The van der Waals surface area contributed by atoms with Crippen LogP contribution in [0.2, 0.25) is 0 Å². The van der Waals surface area contributed by atoms with E-state index in [2.05, 4.69) is 15.0 Å². The number of benzene rings is 2. The van der Waals surface area contributed by atoms with E-state index in [0.717, 1.165) is 16.1 Å². The van der Waals surface area contributed by atoms with Crippen LogP contribution >= 0.6 is 11.3 Å². The zero-order valence-electron chi connectivity index (χ0n) is 17.2. The molecule has 0 fully saturated rings. The standard InChI is InChI=1S/C22H25N3O3S2/c1-15(2)25-30(27,28)14-19-12-8-7-11-18(19)13-23-21(26)20-16(3)24-22(29-20)17-9-5-4-6-10-17/h4-12,15,25H,13-14H2,1-3H3,(H,23,26). The molecule has 0 aliphatic heterocycles. The van der Waals surface area contributed by atoms with Gasteiger partial charge in [-0.3, -0.25) is 4.79 Å². The molecule has 0 atom stereocenters. The fraction of sp³-hybridized carbons (Fsp3) is 0.273. The minimum absolute atomic E-state index is 0.130. The number of aryl methyl sites for hydroxylation is 1. The van der Waals surface area contributed by atoms with Crippen molar-refractivity contribution in [2.24, 2.45) is 0 Å². The van der Waals surface area contributed by atoms with Gasteiger partial charge in [0.2, 0.25) is 10.0 Å². The van der Waals surface area contributed by atoms with Crippen molar-refractivity contribution in [3.05, 3.63) is 76.3 Å². The Hall–Kier alpha value is -2.55. The molecular formula is C22H25N3O3S2. The number of carbonyl (C=O) groups is 1. The second-order valence-corrected chi connectivity index (χ2v) is 10.0. The zero-order chi connectivity index (χ0) is 21.7. The summed E-state index contributed by atoms with van der Waals surface area (Å²) in [4.78, 5) is 17.8. The molecule has 6 nitrogen and oxygen atoms in total. The third-order valence-electron chi connectivity index (χ3n) is 4.34. The van der Waals surface area contributed by atoms with Crippen molar-refractivity contribution in [2.75, 3.05) is 0 Å². The van der Waals surface area contributed by atoms with Crippen LogP contribution in [0.4, 0.5) is 0 Å². The third kappa shape index (κ3) is 5.75. The Morgan fingerprint density at radius 2 is 1.67 bits per heavy atom. The highest BCUT2D eigenvalue weighted by molar-refractivity contribution is 7.88. The van der Waals surface area contributed by atoms with Gasteiger partial charge in [-0.25, -0.2) is 18.1 Å². The summed E-state index contributed by atoms with van der Waals surface area (Å²) >= 11 is 1.35. The number of rotatable bonds is 8. The van der Waals surface area contributed by atoms with Crippen molar-refractivity contribution in [3.63, 3.8) is 0 Å². The second-order valence-electron chi connectivity index (χ2n) is 7.28. The highest BCUT2D eigenvalue weighted by atomic mass is 32.2. The lowest BCUT2D eigenvalue weighted by atomic mass is 10.1. The summed E-state index contributed by atoms with van der Waals surface area (Å²) in [6.07, 6.45) is 0. The normalized spacial score (nSPS) is 11.6. The van der Waals surface area contributed by atoms with E-state index in [1.807, 2.05) is 49.4 Å². The van der Waals surface area contributed by atoms with Gasteiger partial charge in [0.1, 0.15) is 9.88 Å². The third-order valence-corrected chi connectivity index (χ3v) is 7.07. The van der Waals surface area contributed by atoms with E-state index < -0.39 is 10.0 Å². The Kier molecular flexibility index (Phi) is 7.02. The Bertz CT molecular complexity index is 1120. The van der Waals surface area contributed by atoms with Gasteiger partial charge in [0.05, 0.1) is 11.4 Å². The van der Waals surface area contributed by atoms with Gasteiger partial charge in [0.15, 0.2) is 0 Å². The van der Waals surface area contributed by atoms with Gasteiger partial charge in [-0.2, -0.15) is 0 Å². The molecule has 0 aliphatic rings. The minimum Gasteiger partial charge on any atom is -0.347 e. The van der Waals surface area contributed by atoms with Gasteiger partial charge in [0, 0.05) is 18.2 Å². The summed E-state index contributed by atoms with van der Waals surface area (Å²) in [7, 11) is -3.45. The molecule has 1 heterocycles. The minimum atomic E-state index is -3.45. The van der Waals surface area contributed by atoms with Crippen molar-refractivity contribution in [3.8, 4) is 10.6 Å². The molecule has 1 amide bonds. The second kappa shape index (κ2) is 9.51. The smallest absolute Gasteiger partial charge is 0.263 e. The molecule has 2 aromatic carbocycles. The summed E-state index contributed by atoms with van der Waals surface area (Å²) in [6, 6.07) is 16.8. The molecule has 158 valence electrons. The van der Waals surface area contributed by atoms with Gasteiger partial charge < -0.3 is 5.32 Å². The average Bonchev–Trinajstić information content (AvgIpc) is 3.08. The molecule has 0 bridgehead atoms. The first kappa shape index (κ1) is 22.1.